The number of carbonyl (C=O) groups is 2. The number of amides is 1. The summed E-state index contributed by atoms with van der Waals surface area (Å²) in [5.74, 6) is -1.33. The molecule has 1 amide bonds. The molecule has 3 aromatic carbocycles. The summed E-state index contributed by atoms with van der Waals surface area (Å²) in [6.45, 7) is 0.696. The molecular weight excluding hydrogens is 578 g/mol. The summed E-state index contributed by atoms with van der Waals surface area (Å²) in [6.07, 6.45) is 2.78. The van der Waals surface area contributed by atoms with Crippen LogP contribution in [0, 0.1) is 11.7 Å². The van der Waals surface area contributed by atoms with Gasteiger partial charge in [-0.05, 0) is 72.7 Å². The number of carbonyl (C=O) groups excluding carboxylic acids is 2. The molecular formula is C32H33Cl2FN4O3. The molecule has 10 heteroatoms. The first-order valence-electron chi connectivity index (χ1n) is 13.8. The number of nitrogens with one attached hydrogen (secondary N) is 2. The van der Waals surface area contributed by atoms with Crippen LogP contribution in [0.25, 0.3) is 0 Å². The Morgan fingerprint density at radius 1 is 1.14 bits per heavy atom. The highest BCUT2D eigenvalue weighted by atomic mass is 35.5. The van der Waals surface area contributed by atoms with Crippen LogP contribution in [0.1, 0.15) is 65.7 Å². The van der Waals surface area contributed by atoms with Gasteiger partial charge in [-0.2, -0.15) is 0 Å². The second-order valence-corrected chi connectivity index (χ2v) is 12.4. The van der Waals surface area contributed by atoms with Crippen molar-refractivity contribution in [2.45, 2.75) is 56.3 Å². The van der Waals surface area contributed by atoms with E-state index < -0.39 is 23.2 Å². The number of hydrogen-bond acceptors (Lipinski definition) is 6. The highest BCUT2D eigenvalue weighted by molar-refractivity contribution is 6.31. The zero-order valence-electron chi connectivity index (χ0n) is 22.3. The van der Waals surface area contributed by atoms with Crippen molar-refractivity contribution in [3.8, 4) is 0 Å². The lowest BCUT2D eigenvalue weighted by Gasteiger charge is -2.41. The number of methoxy groups -OCH3 is 1. The van der Waals surface area contributed by atoms with Crippen LogP contribution in [0.5, 0.6) is 0 Å². The lowest BCUT2D eigenvalue weighted by molar-refractivity contribution is -0.128. The molecule has 4 aliphatic rings. The van der Waals surface area contributed by atoms with E-state index in [1.807, 2.05) is 6.07 Å². The van der Waals surface area contributed by atoms with Crippen molar-refractivity contribution in [1.82, 2.24) is 10.2 Å². The van der Waals surface area contributed by atoms with Crippen LogP contribution in [0.2, 0.25) is 10.0 Å². The number of fused-ring (bicyclic) bond motifs is 3. The zero-order valence-corrected chi connectivity index (χ0v) is 23.8. The summed E-state index contributed by atoms with van der Waals surface area (Å²) in [5.41, 5.74) is 8.80. The highest BCUT2D eigenvalue weighted by Gasteiger charge is 2.69. The minimum atomic E-state index is -1.17. The summed E-state index contributed by atoms with van der Waals surface area (Å²) in [6, 6.07) is 14.8. The largest absolute Gasteiger partial charge is 0.465 e. The summed E-state index contributed by atoms with van der Waals surface area (Å²) >= 11 is 12.7. The molecule has 5 atom stereocenters. The van der Waals surface area contributed by atoms with Crippen LogP contribution in [0.15, 0.2) is 54.6 Å². The van der Waals surface area contributed by atoms with E-state index in [2.05, 4.69) is 15.5 Å². The summed E-state index contributed by atoms with van der Waals surface area (Å²) in [4.78, 5) is 28.9. The SMILES string of the molecule is C.COC(=O)c1ccc(N)c(C2C[C@H]3[C@@H](N2)[C@H](c2cccc(Cl)c2F)[C@]2(C(=O)Nc4cc(Cl)ccc42)N3CC2CC2)c1. The molecule has 3 heterocycles. The number of hydrogen-bond donors (Lipinski definition) is 3. The maximum Gasteiger partial charge on any atom is 0.337 e. The number of nitrogen functional groups attached to an aromatic ring is 1. The fourth-order valence-electron chi connectivity index (χ4n) is 7.40. The number of halogens is 3. The molecule has 1 unspecified atom stereocenters. The third-order valence-corrected chi connectivity index (χ3v) is 9.81. The van der Waals surface area contributed by atoms with Crippen LogP contribution in [0.3, 0.4) is 0 Å². The molecule has 7 nitrogen and oxygen atoms in total. The molecule has 42 heavy (non-hydrogen) atoms. The van der Waals surface area contributed by atoms with Crippen LogP contribution >= 0.6 is 23.2 Å². The number of ether oxygens (including phenoxy) is 1. The standard InChI is InChI=1S/C31H29Cl2FN4O3.CH4/c1-41-29(39)16-7-10-22(35)19(11-16)23-13-25-28(36-23)26(18-3-2-4-21(33)27(18)34)31(38(25)14-15-5-6-15)20-9-8-17(32)12-24(20)37-30(31)40;/h2-4,7-12,15,23,25-26,28,36H,5-6,13-14,35H2,1H3,(H,37,40);1H4/t23?,25-,26-,28+,31+;/m0./s1. The average Bonchev–Trinajstić information content (AvgIpc) is 3.53. The van der Waals surface area contributed by atoms with Gasteiger partial charge in [-0.25, -0.2) is 9.18 Å². The quantitative estimate of drug-likeness (QED) is 0.233. The van der Waals surface area contributed by atoms with E-state index in [1.54, 1.807) is 42.5 Å². The Morgan fingerprint density at radius 2 is 1.93 bits per heavy atom. The Balaban J connectivity index is 0.00000316. The van der Waals surface area contributed by atoms with Gasteiger partial charge >= 0.3 is 5.97 Å². The van der Waals surface area contributed by atoms with Gasteiger partial charge in [0.1, 0.15) is 11.4 Å². The van der Waals surface area contributed by atoms with Crippen molar-refractivity contribution in [1.29, 1.82) is 0 Å². The molecule has 7 rings (SSSR count). The van der Waals surface area contributed by atoms with Gasteiger partial charge < -0.3 is 21.1 Å². The Morgan fingerprint density at radius 3 is 2.67 bits per heavy atom. The van der Waals surface area contributed by atoms with Gasteiger partial charge in [0.2, 0.25) is 5.91 Å². The van der Waals surface area contributed by atoms with E-state index in [-0.39, 0.29) is 36.5 Å². The Kier molecular flexibility index (Phi) is 7.25. The Hall–Kier alpha value is -3.17. The Bertz CT molecular complexity index is 1600. The van der Waals surface area contributed by atoms with E-state index in [0.29, 0.717) is 46.4 Å². The molecule has 3 aliphatic heterocycles. The summed E-state index contributed by atoms with van der Waals surface area (Å²) < 4.78 is 20.9. The van der Waals surface area contributed by atoms with Crippen molar-refractivity contribution in [3.05, 3.63) is 92.7 Å². The van der Waals surface area contributed by atoms with Crippen molar-refractivity contribution in [2.75, 3.05) is 24.7 Å². The molecule has 3 aromatic rings. The number of rotatable bonds is 5. The van der Waals surface area contributed by atoms with E-state index in [9.17, 15) is 9.59 Å². The molecule has 1 spiro atoms. The minimum Gasteiger partial charge on any atom is -0.465 e. The van der Waals surface area contributed by atoms with Crippen LogP contribution < -0.4 is 16.4 Å². The lowest BCUT2D eigenvalue weighted by atomic mass is 9.73. The van der Waals surface area contributed by atoms with Gasteiger partial charge in [0.25, 0.3) is 0 Å². The number of anilines is 2. The number of benzene rings is 3. The molecule has 1 aliphatic carbocycles. The first kappa shape index (κ1) is 28.9. The van der Waals surface area contributed by atoms with Crippen molar-refractivity contribution >= 4 is 46.5 Å². The average molecular weight is 612 g/mol. The maximum absolute atomic E-state index is 16.0. The third kappa shape index (κ3) is 4.22. The smallest absolute Gasteiger partial charge is 0.337 e. The first-order valence-corrected chi connectivity index (χ1v) is 14.6. The molecule has 220 valence electrons. The highest BCUT2D eigenvalue weighted by Crippen LogP contribution is 2.61. The molecule has 2 saturated heterocycles. The van der Waals surface area contributed by atoms with E-state index in [4.69, 9.17) is 33.7 Å². The first-order chi connectivity index (χ1) is 19.7. The van der Waals surface area contributed by atoms with Crippen LogP contribution in [-0.4, -0.2) is 42.5 Å². The fourth-order valence-corrected chi connectivity index (χ4v) is 7.75. The van der Waals surface area contributed by atoms with Crippen LogP contribution in [-0.2, 0) is 15.1 Å². The van der Waals surface area contributed by atoms with Crippen molar-refractivity contribution in [3.63, 3.8) is 0 Å². The number of esters is 1. The predicted molar refractivity (Wildman–Crippen MR) is 162 cm³/mol. The zero-order chi connectivity index (χ0) is 28.6. The maximum atomic E-state index is 16.0. The minimum absolute atomic E-state index is 0. The van der Waals surface area contributed by atoms with Gasteiger partial charge in [-0.15, -0.1) is 0 Å². The van der Waals surface area contributed by atoms with Gasteiger partial charge in [-0.3, -0.25) is 9.69 Å². The molecule has 0 radical (unpaired) electrons. The van der Waals surface area contributed by atoms with Gasteiger partial charge in [0.15, 0.2) is 0 Å². The molecule has 4 N–H and O–H groups in total. The van der Waals surface area contributed by atoms with Gasteiger partial charge in [-0.1, -0.05) is 48.8 Å². The second kappa shape index (κ2) is 10.5. The molecule has 3 fully saturated rings. The number of likely N-dealkylation sites (tertiary alicyclic amines) is 1. The second-order valence-electron chi connectivity index (χ2n) is 11.5. The monoisotopic (exact) mass is 610 g/mol. The van der Waals surface area contributed by atoms with Crippen LogP contribution in [0.4, 0.5) is 15.8 Å². The summed E-state index contributed by atoms with van der Waals surface area (Å²) in [7, 11) is 1.34. The van der Waals surface area contributed by atoms with Crippen molar-refractivity contribution in [2.24, 2.45) is 5.92 Å². The molecule has 0 bridgehead atoms. The van der Waals surface area contributed by atoms with Gasteiger partial charge in [0, 0.05) is 52.5 Å². The van der Waals surface area contributed by atoms with E-state index in [0.717, 1.165) is 24.0 Å². The number of nitrogens with zero attached hydrogens (tertiary/aromatic N) is 1. The molecule has 1 saturated carbocycles. The lowest BCUT2D eigenvalue weighted by Crippen LogP contribution is -2.53. The normalized spacial score (nSPS) is 27.9. The Labute approximate surface area is 254 Å². The topological polar surface area (TPSA) is 96.7 Å². The van der Waals surface area contributed by atoms with Crippen molar-refractivity contribution < 1.29 is 18.7 Å². The number of nitrogens with two attached hydrogens (primary N) is 1. The summed E-state index contributed by atoms with van der Waals surface area (Å²) in [5, 5.41) is 7.33. The van der Waals surface area contributed by atoms with Gasteiger partial charge in [0.05, 0.1) is 17.7 Å². The fraction of sp³-hybridized carbons (Fsp3) is 0.375. The molecule has 0 aromatic heterocycles. The van der Waals surface area contributed by atoms with E-state index >= 15 is 4.39 Å². The predicted octanol–water partition coefficient (Wildman–Crippen LogP) is 6.27. The van der Waals surface area contributed by atoms with E-state index in [1.165, 1.54) is 13.2 Å². The third-order valence-electron chi connectivity index (χ3n) is 9.29.